The maximum atomic E-state index is 12.6. The number of hydrogen-bond donors (Lipinski definition) is 1. The van der Waals surface area contributed by atoms with Crippen LogP contribution in [-0.2, 0) is 19.8 Å². The van der Waals surface area contributed by atoms with E-state index in [4.69, 9.17) is 14.8 Å². The van der Waals surface area contributed by atoms with Crippen LogP contribution in [0, 0.1) is 11.3 Å². The zero-order valence-corrected chi connectivity index (χ0v) is 17.7. The van der Waals surface area contributed by atoms with Gasteiger partial charge in [0, 0.05) is 10.0 Å². The molecule has 0 saturated heterocycles. The van der Waals surface area contributed by atoms with E-state index < -0.39 is 7.60 Å². The molecule has 0 aliphatic rings. The predicted molar refractivity (Wildman–Crippen MR) is 110 cm³/mol. The molecule has 0 aliphatic carbocycles. The van der Waals surface area contributed by atoms with Gasteiger partial charge in [-0.3, -0.25) is 4.57 Å². The predicted octanol–water partition coefficient (Wildman–Crippen LogP) is 5.12. The van der Waals surface area contributed by atoms with Gasteiger partial charge in [-0.2, -0.15) is 5.26 Å². The molecule has 142 valence electrons. The van der Waals surface area contributed by atoms with Crippen molar-refractivity contribution >= 4 is 35.0 Å². The third-order valence-electron chi connectivity index (χ3n) is 3.60. The van der Waals surface area contributed by atoms with Crippen LogP contribution in [-0.4, -0.2) is 19.0 Å². The molecule has 6 nitrogen and oxygen atoms in total. The van der Waals surface area contributed by atoms with Crippen LogP contribution in [0.2, 0.25) is 0 Å². The molecule has 27 heavy (non-hydrogen) atoms. The summed E-state index contributed by atoms with van der Waals surface area (Å²) in [5.41, 5.74) is 8.53. The van der Waals surface area contributed by atoms with Crippen LogP contribution < -0.4 is 5.73 Å². The second-order valence-electron chi connectivity index (χ2n) is 5.57. The summed E-state index contributed by atoms with van der Waals surface area (Å²) in [6.45, 7) is 4.21. The number of hydrogen-bond acceptors (Lipinski definition) is 5. The Balaban J connectivity index is 2.22. The molecule has 2 aromatic carbocycles. The minimum Gasteiger partial charge on any atom is -0.383 e. The van der Waals surface area contributed by atoms with Crippen molar-refractivity contribution < 1.29 is 13.6 Å². The summed E-state index contributed by atoms with van der Waals surface area (Å²) in [4.78, 5) is 4.35. The number of amidine groups is 1. The van der Waals surface area contributed by atoms with Crippen LogP contribution >= 0.6 is 23.5 Å². The Labute approximate surface area is 167 Å². The highest BCUT2D eigenvalue weighted by Gasteiger charge is 2.23. The maximum absolute atomic E-state index is 12.6. The lowest BCUT2D eigenvalue weighted by Gasteiger charge is -2.17. The van der Waals surface area contributed by atoms with Crippen LogP contribution in [0.25, 0.3) is 0 Å². The van der Waals surface area contributed by atoms with Crippen LogP contribution in [0.3, 0.4) is 0 Å². The Morgan fingerprint density at radius 3 is 2.37 bits per heavy atom. The van der Waals surface area contributed by atoms with E-state index in [9.17, 15) is 9.83 Å². The Morgan fingerprint density at radius 1 is 1.19 bits per heavy atom. The fourth-order valence-electron chi connectivity index (χ4n) is 2.42. The quantitative estimate of drug-likeness (QED) is 0.342. The van der Waals surface area contributed by atoms with E-state index in [1.54, 1.807) is 44.2 Å². The summed E-state index contributed by atoms with van der Waals surface area (Å²) in [6.07, 6.45) is 0.192. The van der Waals surface area contributed by atoms with E-state index in [-0.39, 0.29) is 12.0 Å². The maximum Gasteiger partial charge on any atom is 0.335 e. The van der Waals surface area contributed by atoms with Crippen LogP contribution in [0.4, 0.5) is 5.69 Å². The molecule has 8 heteroatoms. The fourth-order valence-corrected chi connectivity index (χ4v) is 4.48. The van der Waals surface area contributed by atoms with Gasteiger partial charge in [0.15, 0.2) is 0 Å². The van der Waals surface area contributed by atoms with E-state index in [1.165, 1.54) is 0 Å². The molecule has 2 N–H and O–H groups in total. The summed E-state index contributed by atoms with van der Waals surface area (Å²) >= 11 is 3.33. The van der Waals surface area contributed by atoms with Gasteiger partial charge in [0.05, 0.1) is 30.6 Å². The molecule has 0 bridgehead atoms. The first kappa shape index (κ1) is 21.3. The smallest absolute Gasteiger partial charge is 0.335 e. The highest BCUT2D eigenvalue weighted by Crippen LogP contribution is 2.51. The molecule has 2 aromatic rings. The lowest BCUT2D eigenvalue weighted by atomic mass is 10.1. The molecule has 0 fully saturated rings. The summed E-state index contributed by atoms with van der Waals surface area (Å²) < 4.78 is 24.0. The molecule has 0 aromatic heterocycles. The van der Waals surface area contributed by atoms with Crippen molar-refractivity contribution in [2.75, 3.05) is 13.2 Å². The number of nitrogens with two attached hydrogens (primary N) is 1. The molecule has 0 amide bonds. The summed E-state index contributed by atoms with van der Waals surface area (Å²) in [5, 5.41) is 9.23. The third-order valence-corrected chi connectivity index (χ3v) is 6.15. The molecule has 0 radical (unpaired) electrons. The zero-order chi connectivity index (χ0) is 19.9. The summed E-state index contributed by atoms with van der Waals surface area (Å²) in [7, 11) is -3.15. The van der Waals surface area contributed by atoms with Gasteiger partial charge in [-0.05, 0) is 37.6 Å². The number of halogens is 1. The largest absolute Gasteiger partial charge is 0.383 e. The molecular weight excluding hydrogens is 429 g/mol. The molecule has 0 spiro atoms. The first-order valence-corrected chi connectivity index (χ1v) is 10.9. The van der Waals surface area contributed by atoms with Crippen molar-refractivity contribution in [1.29, 1.82) is 5.26 Å². The fraction of sp³-hybridized carbons (Fsp3) is 0.263. The minimum absolute atomic E-state index is 0.192. The van der Waals surface area contributed by atoms with E-state index in [1.807, 2.05) is 12.1 Å². The third kappa shape index (κ3) is 6.02. The summed E-state index contributed by atoms with van der Waals surface area (Å²) in [6, 6.07) is 14.5. The average molecular weight is 450 g/mol. The Kier molecular flexibility index (Phi) is 7.76. The van der Waals surface area contributed by atoms with E-state index in [0.29, 0.717) is 30.0 Å². The number of nitrogens with zero attached hydrogens (tertiary/aromatic N) is 2. The normalized spacial score (nSPS) is 12.0. The topological polar surface area (TPSA) is 97.7 Å². The highest BCUT2D eigenvalue weighted by molar-refractivity contribution is 9.10. The van der Waals surface area contributed by atoms with Gasteiger partial charge in [0.1, 0.15) is 11.9 Å². The summed E-state index contributed by atoms with van der Waals surface area (Å²) in [5.74, 6) is 0.290. The van der Waals surface area contributed by atoms with Crippen molar-refractivity contribution in [2.45, 2.75) is 20.0 Å². The lowest BCUT2D eigenvalue weighted by Crippen LogP contribution is -2.13. The Hall–Kier alpha value is -1.97. The standard InChI is InChI=1S/C19H21BrN3O3P/c1-3-25-27(24,26-4-2)13-14-5-7-15(8-6-14)19(22)23-18-10-9-17(20)11-16(18)12-21/h5-11H,3-4,13H2,1-2H3,(H2,22,23). The van der Waals surface area contributed by atoms with Crippen LogP contribution in [0.5, 0.6) is 0 Å². The van der Waals surface area contributed by atoms with Gasteiger partial charge in [-0.25, -0.2) is 4.99 Å². The van der Waals surface area contributed by atoms with Gasteiger partial charge >= 0.3 is 7.60 Å². The zero-order valence-electron chi connectivity index (χ0n) is 15.2. The van der Waals surface area contributed by atoms with E-state index in [0.717, 1.165) is 10.0 Å². The monoisotopic (exact) mass is 449 g/mol. The SMILES string of the molecule is CCOP(=O)(Cc1ccc(C(N)=Nc2ccc(Br)cc2C#N)cc1)OCC. The Morgan fingerprint density at radius 2 is 1.81 bits per heavy atom. The number of benzene rings is 2. The highest BCUT2D eigenvalue weighted by atomic mass is 79.9. The van der Waals surface area contributed by atoms with E-state index >= 15 is 0 Å². The van der Waals surface area contributed by atoms with Crippen molar-refractivity contribution in [2.24, 2.45) is 10.7 Å². The van der Waals surface area contributed by atoms with Crippen molar-refractivity contribution in [3.8, 4) is 6.07 Å². The van der Waals surface area contributed by atoms with Gasteiger partial charge in [0.25, 0.3) is 0 Å². The number of aliphatic imine (C=N–C) groups is 1. The average Bonchev–Trinajstić information content (AvgIpc) is 2.64. The molecule has 0 unspecified atom stereocenters. The van der Waals surface area contributed by atoms with Gasteiger partial charge < -0.3 is 14.8 Å². The second kappa shape index (κ2) is 9.82. The van der Waals surface area contributed by atoms with Crippen molar-refractivity contribution in [3.05, 3.63) is 63.6 Å². The first-order valence-electron chi connectivity index (χ1n) is 8.42. The molecule has 0 atom stereocenters. The van der Waals surface area contributed by atoms with Gasteiger partial charge in [-0.1, -0.05) is 40.2 Å². The minimum atomic E-state index is -3.15. The first-order chi connectivity index (χ1) is 12.9. The second-order valence-corrected chi connectivity index (χ2v) is 8.54. The molecule has 0 saturated carbocycles. The van der Waals surface area contributed by atoms with Crippen LogP contribution in [0.1, 0.15) is 30.5 Å². The van der Waals surface area contributed by atoms with Gasteiger partial charge in [0.2, 0.25) is 0 Å². The number of rotatable bonds is 8. The molecular formula is C19H21BrN3O3P. The molecule has 0 heterocycles. The lowest BCUT2D eigenvalue weighted by molar-refractivity contribution is 0.219. The number of nitriles is 1. The molecule has 0 aliphatic heterocycles. The Bertz CT molecular complexity index is 897. The van der Waals surface area contributed by atoms with Crippen LogP contribution in [0.15, 0.2) is 51.9 Å². The van der Waals surface area contributed by atoms with Crippen molar-refractivity contribution in [3.63, 3.8) is 0 Å². The van der Waals surface area contributed by atoms with E-state index in [2.05, 4.69) is 27.0 Å². The van der Waals surface area contributed by atoms with Crippen molar-refractivity contribution in [1.82, 2.24) is 0 Å². The molecule has 2 rings (SSSR count). The van der Waals surface area contributed by atoms with Gasteiger partial charge in [-0.15, -0.1) is 0 Å².